The van der Waals surface area contributed by atoms with E-state index in [-0.39, 0.29) is 18.4 Å². The summed E-state index contributed by atoms with van der Waals surface area (Å²) in [5, 5.41) is 9.25. The largest absolute Gasteiger partial charge is 0.369 e. The SMILES string of the molecule is CCNN(C(=N)N)C1CCCCC1.Cl. The second kappa shape index (κ2) is 6.90. The fraction of sp³-hybridized carbons (Fsp3) is 0.889. The second-order valence-electron chi connectivity index (χ2n) is 3.56. The minimum atomic E-state index is 0. The van der Waals surface area contributed by atoms with E-state index in [0.29, 0.717) is 6.04 Å². The van der Waals surface area contributed by atoms with E-state index < -0.39 is 0 Å². The van der Waals surface area contributed by atoms with Gasteiger partial charge >= 0.3 is 0 Å². The predicted octanol–water partition coefficient (Wildman–Crippen LogP) is 1.46. The number of nitrogens with one attached hydrogen (secondary N) is 2. The van der Waals surface area contributed by atoms with Gasteiger partial charge in [0.2, 0.25) is 5.96 Å². The minimum Gasteiger partial charge on any atom is -0.369 e. The normalized spacial score (nSPS) is 17.2. The number of guanidine groups is 1. The van der Waals surface area contributed by atoms with Crippen molar-refractivity contribution in [2.75, 3.05) is 6.54 Å². The first-order chi connectivity index (χ1) is 6.25. The highest BCUT2D eigenvalue weighted by Gasteiger charge is 2.21. The van der Waals surface area contributed by atoms with E-state index in [1.807, 2.05) is 11.9 Å². The zero-order valence-electron chi connectivity index (χ0n) is 8.75. The average Bonchev–Trinajstić information content (AvgIpc) is 2.15. The molecule has 0 spiro atoms. The maximum absolute atomic E-state index is 7.43. The molecule has 14 heavy (non-hydrogen) atoms. The van der Waals surface area contributed by atoms with Gasteiger partial charge in [-0.2, -0.15) is 0 Å². The van der Waals surface area contributed by atoms with Gasteiger partial charge in [0, 0.05) is 12.6 Å². The van der Waals surface area contributed by atoms with Crippen LogP contribution in [-0.2, 0) is 0 Å². The predicted molar refractivity (Wildman–Crippen MR) is 61.6 cm³/mol. The average molecular weight is 221 g/mol. The van der Waals surface area contributed by atoms with Crippen molar-refractivity contribution in [2.45, 2.75) is 45.1 Å². The van der Waals surface area contributed by atoms with E-state index in [2.05, 4.69) is 5.43 Å². The molecule has 0 atom stereocenters. The summed E-state index contributed by atoms with van der Waals surface area (Å²) in [7, 11) is 0. The molecule has 0 aromatic rings. The Morgan fingerprint density at radius 1 is 1.43 bits per heavy atom. The van der Waals surface area contributed by atoms with Gasteiger partial charge < -0.3 is 5.73 Å². The standard InChI is InChI=1S/C9H20N4.ClH/c1-2-12-13(9(10)11)8-6-4-3-5-7-8;/h8,12H,2-7H2,1H3,(H3,10,11);1H. The minimum absolute atomic E-state index is 0. The molecule has 84 valence electrons. The van der Waals surface area contributed by atoms with Crippen LogP contribution in [0.2, 0.25) is 0 Å². The summed E-state index contributed by atoms with van der Waals surface area (Å²) in [5.74, 6) is 0.147. The highest BCUT2D eigenvalue weighted by atomic mass is 35.5. The van der Waals surface area contributed by atoms with Crippen molar-refractivity contribution in [3.8, 4) is 0 Å². The van der Waals surface area contributed by atoms with Crippen LogP contribution in [0.3, 0.4) is 0 Å². The van der Waals surface area contributed by atoms with E-state index in [1.165, 1.54) is 19.3 Å². The number of nitrogens with two attached hydrogens (primary N) is 1. The molecule has 1 aliphatic carbocycles. The van der Waals surface area contributed by atoms with Crippen molar-refractivity contribution in [1.29, 1.82) is 5.41 Å². The molecule has 4 N–H and O–H groups in total. The molecular weight excluding hydrogens is 200 g/mol. The summed E-state index contributed by atoms with van der Waals surface area (Å²) in [6.45, 7) is 2.86. The highest BCUT2D eigenvalue weighted by Crippen LogP contribution is 2.20. The molecule has 0 amide bonds. The van der Waals surface area contributed by atoms with Gasteiger partial charge in [0.25, 0.3) is 0 Å². The van der Waals surface area contributed by atoms with Crippen LogP contribution in [0.1, 0.15) is 39.0 Å². The van der Waals surface area contributed by atoms with Crippen molar-refractivity contribution >= 4 is 18.4 Å². The monoisotopic (exact) mass is 220 g/mol. The Hall–Kier alpha value is -0.480. The summed E-state index contributed by atoms with van der Waals surface area (Å²) >= 11 is 0. The maximum atomic E-state index is 7.43. The van der Waals surface area contributed by atoms with Crippen LogP contribution in [0, 0.1) is 5.41 Å². The zero-order valence-corrected chi connectivity index (χ0v) is 9.57. The molecular formula is C9H21ClN4. The van der Waals surface area contributed by atoms with Gasteiger partial charge in [-0.1, -0.05) is 26.2 Å². The van der Waals surface area contributed by atoms with Crippen LogP contribution >= 0.6 is 12.4 Å². The van der Waals surface area contributed by atoms with Crippen molar-refractivity contribution in [2.24, 2.45) is 5.73 Å². The Labute approximate surface area is 92.1 Å². The Kier molecular flexibility index (Phi) is 6.66. The Morgan fingerprint density at radius 3 is 2.43 bits per heavy atom. The summed E-state index contributed by atoms with van der Waals surface area (Å²) in [5.41, 5.74) is 8.64. The smallest absolute Gasteiger partial charge is 0.203 e. The molecule has 0 saturated heterocycles. The van der Waals surface area contributed by atoms with Gasteiger partial charge in [-0.25, -0.2) is 5.43 Å². The molecule has 0 bridgehead atoms. The number of hydrogen-bond donors (Lipinski definition) is 3. The van der Waals surface area contributed by atoms with E-state index in [0.717, 1.165) is 19.4 Å². The van der Waals surface area contributed by atoms with E-state index in [4.69, 9.17) is 11.1 Å². The number of hydrogen-bond acceptors (Lipinski definition) is 2. The molecule has 1 fully saturated rings. The fourth-order valence-corrected chi connectivity index (χ4v) is 1.92. The van der Waals surface area contributed by atoms with Gasteiger partial charge in [0.05, 0.1) is 0 Å². The molecule has 1 aliphatic rings. The molecule has 5 heteroatoms. The molecule has 0 unspecified atom stereocenters. The second-order valence-corrected chi connectivity index (χ2v) is 3.56. The topological polar surface area (TPSA) is 65.1 Å². The quantitative estimate of drug-likeness (QED) is 0.383. The van der Waals surface area contributed by atoms with Gasteiger partial charge in [-0.15, -0.1) is 12.4 Å². The summed E-state index contributed by atoms with van der Waals surface area (Å²) in [6, 6.07) is 0.436. The lowest BCUT2D eigenvalue weighted by Crippen LogP contribution is -2.52. The van der Waals surface area contributed by atoms with Crippen molar-refractivity contribution in [3.05, 3.63) is 0 Å². The first-order valence-corrected chi connectivity index (χ1v) is 5.12. The van der Waals surface area contributed by atoms with Gasteiger partial charge in [-0.3, -0.25) is 10.4 Å². The molecule has 4 nitrogen and oxygen atoms in total. The fourth-order valence-electron chi connectivity index (χ4n) is 1.92. The lowest BCUT2D eigenvalue weighted by Gasteiger charge is -2.34. The highest BCUT2D eigenvalue weighted by molar-refractivity contribution is 5.85. The third kappa shape index (κ3) is 3.72. The molecule has 1 rings (SSSR count). The van der Waals surface area contributed by atoms with Crippen molar-refractivity contribution in [3.63, 3.8) is 0 Å². The van der Waals surface area contributed by atoms with Crippen LogP contribution in [0.4, 0.5) is 0 Å². The number of rotatable bonds is 3. The maximum Gasteiger partial charge on any atom is 0.203 e. The van der Waals surface area contributed by atoms with E-state index in [9.17, 15) is 0 Å². The number of nitrogens with zero attached hydrogens (tertiary/aromatic N) is 1. The van der Waals surface area contributed by atoms with Crippen molar-refractivity contribution in [1.82, 2.24) is 10.4 Å². The number of halogens is 1. The van der Waals surface area contributed by atoms with Crippen LogP contribution in [0.5, 0.6) is 0 Å². The van der Waals surface area contributed by atoms with Crippen LogP contribution in [0.25, 0.3) is 0 Å². The van der Waals surface area contributed by atoms with Gasteiger partial charge in [0.15, 0.2) is 0 Å². The third-order valence-electron chi connectivity index (χ3n) is 2.53. The van der Waals surface area contributed by atoms with Crippen LogP contribution in [0.15, 0.2) is 0 Å². The van der Waals surface area contributed by atoms with Gasteiger partial charge in [-0.05, 0) is 12.8 Å². The Bertz CT molecular complexity index is 168. The molecule has 0 heterocycles. The molecule has 0 aromatic heterocycles. The lowest BCUT2D eigenvalue weighted by molar-refractivity contribution is 0.183. The number of hydrazine groups is 1. The molecule has 0 aromatic carbocycles. The molecule has 0 aliphatic heterocycles. The summed E-state index contributed by atoms with van der Waals surface area (Å²) in [4.78, 5) is 0. The lowest BCUT2D eigenvalue weighted by atomic mass is 9.95. The van der Waals surface area contributed by atoms with E-state index >= 15 is 0 Å². The molecule has 1 saturated carbocycles. The summed E-state index contributed by atoms with van der Waals surface area (Å²) < 4.78 is 0. The van der Waals surface area contributed by atoms with Gasteiger partial charge in [0.1, 0.15) is 0 Å². The Balaban J connectivity index is 0.00000169. The first kappa shape index (κ1) is 13.5. The van der Waals surface area contributed by atoms with Crippen LogP contribution < -0.4 is 11.2 Å². The third-order valence-corrected chi connectivity index (χ3v) is 2.53. The first-order valence-electron chi connectivity index (χ1n) is 5.12. The zero-order chi connectivity index (χ0) is 9.68. The van der Waals surface area contributed by atoms with E-state index in [1.54, 1.807) is 0 Å². The molecule has 0 radical (unpaired) electrons. The van der Waals surface area contributed by atoms with Crippen LogP contribution in [-0.4, -0.2) is 23.6 Å². The Morgan fingerprint density at radius 2 is 2.00 bits per heavy atom. The summed E-state index contributed by atoms with van der Waals surface area (Å²) in [6.07, 6.45) is 6.17. The van der Waals surface area contributed by atoms with Crippen molar-refractivity contribution < 1.29 is 0 Å².